The smallest absolute Gasteiger partial charge is 0.189 e. The van der Waals surface area contributed by atoms with Crippen LogP contribution in [0.5, 0.6) is 0 Å². The molecular weight excluding hydrogens is 438 g/mol. The highest BCUT2D eigenvalue weighted by Crippen LogP contribution is 2.33. The van der Waals surface area contributed by atoms with Crippen LogP contribution in [0.4, 0.5) is 17.1 Å². The van der Waals surface area contributed by atoms with E-state index in [2.05, 4.69) is 46.7 Å². The van der Waals surface area contributed by atoms with Crippen molar-refractivity contribution in [3.63, 3.8) is 0 Å². The molecule has 2 aliphatic heterocycles. The van der Waals surface area contributed by atoms with Crippen LogP contribution < -0.4 is 15.5 Å². The molecule has 0 saturated heterocycles. The van der Waals surface area contributed by atoms with E-state index in [0.29, 0.717) is 5.69 Å². The third-order valence-electron chi connectivity index (χ3n) is 6.41. The number of nitrogen functional groups attached to an aromatic ring is 1. The minimum Gasteiger partial charge on any atom is -0.384 e. The standard InChI is InChI=1S/C13H15N5.C13H12N4/c14-13(15)10-2-1-9-3-4-18(12(9)5-10)7-11-6-16-8-17-11;1-14-11-3-2-10-4-5-17(13(10)6-11)8-12-7-15-9-16-12/h1-2,5-6,8H,3-4,7H2,(H3,14,15)(H,16,17);2-3,6-7,9H,4-5,8H2,(H,15,16). The lowest BCUT2D eigenvalue weighted by molar-refractivity contribution is 0.819. The summed E-state index contributed by atoms with van der Waals surface area (Å²) in [5.41, 5.74) is 14.2. The normalized spacial score (nSPS) is 13.6. The van der Waals surface area contributed by atoms with Gasteiger partial charge in [-0.25, -0.2) is 14.8 Å². The van der Waals surface area contributed by atoms with Gasteiger partial charge in [-0.3, -0.25) is 5.41 Å². The van der Waals surface area contributed by atoms with Crippen molar-refractivity contribution in [3.05, 3.63) is 101 Å². The second kappa shape index (κ2) is 9.73. The number of nitrogens with one attached hydrogen (secondary N) is 3. The monoisotopic (exact) mass is 465 g/mol. The van der Waals surface area contributed by atoms with E-state index in [4.69, 9.17) is 17.7 Å². The number of imidazole rings is 2. The van der Waals surface area contributed by atoms with E-state index in [9.17, 15) is 0 Å². The van der Waals surface area contributed by atoms with E-state index < -0.39 is 0 Å². The molecule has 0 atom stereocenters. The first-order valence-corrected chi connectivity index (χ1v) is 11.5. The second-order valence-corrected chi connectivity index (χ2v) is 8.68. The summed E-state index contributed by atoms with van der Waals surface area (Å²) >= 11 is 0. The maximum absolute atomic E-state index is 7.50. The Kier molecular flexibility index (Phi) is 6.18. The number of aromatic amines is 2. The van der Waals surface area contributed by atoms with Gasteiger partial charge in [0.05, 0.1) is 43.7 Å². The van der Waals surface area contributed by atoms with Gasteiger partial charge in [0.15, 0.2) is 5.69 Å². The Labute approximate surface area is 204 Å². The number of anilines is 2. The quantitative estimate of drug-likeness (QED) is 0.203. The van der Waals surface area contributed by atoms with Crippen LogP contribution in [0.3, 0.4) is 0 Å². The van der Waals surface area contributed by atoms with Crippen LogP contribution in [0.15, 0.2) is 61.4 Å². The van der Waals surface area contributed by atoms with Gasteiger partial charge in [0, 0.05) is 42.4 Å². The van der Waals surface area contributed by atoms with Crippen LogP contribution in [0.2, 0.25) is 0 Å². The molecule has 0 saturated carbocycles. The number of benzene rings is 2. The fraction of sp³-hybridized carbons (Fsp3) is 0.231. The highest BCUT2D eigenvalue weighted by molar-refractivity contribution is 5.96. The lowest BCUT2D eigenvalue weighted by atomic mass is 10.1. The van der Waals surface area contributed by atoms with Gasteiger partial charge in [-0.15, -0.1) is 0 Å². The molecule has 35 heavy (non-hydrogen) atoms. The second-order valence-electron chi connectivity index (χ2n) is 8.68. The van der Waals surface area contributed by atoms with Gasteiger partial charge < -0.3 is 25.5 Å². The van der Waals surface area contributed by atoms with E-state index in [-0.39, 0.29) is 5.84 Å². The summed E-state index contributed by atoms with van der Waals surface area (Å²) in [6, 6.07) is 11.9. The summed E-state index contributed by atoms with van der Waals surface area (Å²) in [5, 5.41) is 7.50. The molecular formula is C26H27N9. The molecule has 4 aromatic rings. The number of amidine groups is 1. The van der Waals surface area contributed by atoms with Gasteiger partial charge >= 0.3 is 0 Å². The summed E-state index contributed by atoms with van der Waals surface area (Å²) in [6.45, 7) is 10.7. The summed E-state index contributed by atoms with van der Waals surface area (Å²) in [5.74, 6) is 0.117. The molecule has 0 amide bonds. The molecule has 2 aliphatic rings. The van der Waals surface area contributed by atoms with Crippen LogP contribution in [0.1, 0.15) is 28.1 Å². The van der Waals surface area contributed by atoms with Crippen molar-refractivity contribution in [3.8, 4) is 0 Å². The lowest BCUT2D eigenvalue weighted by Crippen LogP contribution is -2.20. The molecule has 2 aromatic heterocycles. The molecule has 176 valence electrons. The Morgan fingerprint density at radius 1 is 0.914 bits per heavy atom. The van der Waals surface area contributed by atoms with E-state index in [1.807, 2.05) is 36.7 Å². The highest BCUT2D eigenvalue weighted by Gasteiger charge is 2.21. The molecule has 2 aromatic carbocycles. The van der Waals surface area contributed by atoms with Crippen LogP contribution in [0, 0.1) is 12.0 Å². The molecule has 6 rings (SSSR count). The fourth-order valence-corrected chi connectivity index (χ4v) is 4.60. The van der Waals surface area contributed by atoms with E-state index in [0.717, 1.165) is 56.0 Å². The maximum Gasteiger partial charge on any atom is 0.189 e. The lowest BCUT2D eigenvalue weighted by Gasteiger charge is -2.18. The maximum atomic E-state index is 7.50. The van der Waals surface area contributed by atoms with Crippen LogP contribution in [-0.2, 0) is 25.9 Å². The zero-order chi connectivity index (χ0) is 24.2. The molecule has 9 heteroatoms. The number of nitrogens with two attached hydrogens (primary N) is 1. The third-order valence-corrected chi connectivity index (χ3v) is 6.41. The Hall–Kier alpha value is -4.58. The summed E-state index contributed by atoms with van der Waals surface area (Å²) < 4.78 is 0. The number of nitrogens with zero attached hydrogens (tertiary/aromatic N) is 5. The third kappa shape index (κ3) is 4.87. The van der Waals surface area contributed by atoms with Crippen molar-refractivity contribution in [1.29, 1.82) is 5.41 Å². The Morgan fingerprint density at radius 3 is 2.00 bits per heavy atom. The Morgan fingerprint density at radius 2 is 1.49 bits per heavy atom. The van der Waals surface area contributed by atoms with E-state index >= 15 is 0 Å². The zero-order valence-corrected chi connectivity index (χ0v) is 19.3. The minimum atomic E-state index is 0.117. The van der Waals surface area contributed by atoms with Crippen molar-refractivity contribution in [1.82, 2.24) is 19.9 Å². The predicted molar refractivity (Wildman–Crippen MR) is 137 cm³/mol. The van der Waals surface area contributed by atoms with Crippen molar-refractivity contribution < 1.29 is 0 Å². The Balaban J connectivity index is 0.000000145. The molecule has 5 N–H and O–H groups in total. The van der Waals surface area contributed by atoms with Gasteiger partial charge in [0.2, 0.25) is 0 Å². The molecule has 0 spiro atoms. The van der Waals surface area contributed by atoms with Gasteiger partial charge in [-0.2, -0.15) is 0 Å². The summed E-state index contributed by atoms with van der Waals surface area (Å²) in [6.07, 6.45) is 9.17. The van der Waals surface area contributed by atoms with Crippen molar-refractivity contribution in [2.45, 2.75) is 25.9 Å². The largest absolute Gasteiger partial charge is 0.384 e. The van der Waals surface area contributed by atoms with Gasteiger partial charge in [0.25, 0.3) is 0 Å². The first kappa shape index (κ1) is 22.2. The van der Waals surface area contributed by atoms with Crippen molar-refractivity contribution in [2.24, 2.45) is 5.73 Å². The van der Waals surface area contributed by atoms with Crippen molar-refractivity contribution >= 4 is 22.9 Å². The number of H-pyrrole nitrogens is 2. The summed E-state index contributed by atoms with van der Waals surface area (Å²) in [4.78, 5) is 22.3. The number of fused-ring (bicyclic) bond motifs is 2. The summed E-state index contributed by atoms with van der Waals surface area (Å²) in [7, 11) is 0. The molecule has 0 aliphatic carbocycles. The average Bonchev–Trinajstić information content (AvgIpc) is 3.69. The van der Waals surface area contributed by atoms with Gasteiger partial charge in [-0.05, 0) is 36.1 Å². The number of hydrogen-bond acceptors (Lipinski definition) is 5. The van der Waals surface area contributed by atoms with Crippen LogP contribution in [0.25, 0.3) is 4.85 Å². The van der Waals surface area contributed by atoms with Gasteiger partial charge in [-0.1, -0.05) is 24.3 Å². The highest BCUT2D eigenvalue weighted by atomic mass is 15.2. The zero-order valence-electron chi connectivity index (χ0n) is 19.3. The predicted octanol–water partition coefficient (Wildman–Crippen LogP) is 3.78. The van der Waals surface area contributed by atoms with E-state index in [1.54, 1.807) is 12.7 Å². The molecule has 9 nitrogen and oxygen atoms in total. The van der Waals surface area contributed by atoms with Crippen LogP contribution >= 0.6 is 0 Å². The molecule has 4 heterocycles. The van der Waals surface area contributed by atoms with Crippen LogP contribution in [-0.4, -0.2) is 38.9 Å². The molecule has 0 fully saturated rings. The number of rotatable bonds is 5. The van der Waals surface area contributed by atoms with Gasteiger partial charge in [0.1, 0.15) is 5.84 Å². The molecule has 0 radical (unpaired) electrons. The first-order valence-electron chi connectivity index (χ1n) is 11.5. The van der Waals surface area contributed by atoms with Crippen molar-refractivity contribution in [2.75, 3.05) is 22.9 Å². The SMILES string of the molecule is N=C(N)c1ccc2c(c1)N(Cc1cnc[nH]1)CC2.[C-]#[N+]c1ccc2c(c1)N(Cc1cnc[nH]1)CC2. The molecule has 0 bridgehead atoms. The number of hydrogen-bond donors (Lipinski definition) is 4. The topological polar surface area (TPSA) is 118 Å². The molecule has 0 unspecified atom stereocenters. The Bertz CT molecular complexity index is 1350. The van der Waals surface area contributed by atoms with E-state index in [1.165, 1.54) is 22.5 Å². The number of aromatic nitrogens is 4. The minimum absolute atomic E-state index is 0.117. The average molecular weight is 466 g/mol. The first-order chi connectivity index (χ1) is 17.1. The fourth-order valence-electron chi connectivity index (χ4n) is 4.60.